The highest BCUT2D eigenvalue weighted by Crippen LogP contribution is 2.20. The van der Waals surface area contributed by atoms with E-state index in [-0.39, 0.29) is 11.7 Å². The monoisotopic (exact) mass is 308 g/mol. The molecule has 7 nitrogen and oxygen atoms in total. The first-order valence-corrected chi connectivity index (χ1v) is 7.55. The average Bonchev–Trinajstić information content (AvgIpc) is 2.93. The maximum atomic E-state index is 11.2. The summed E-state index contributed by atoms with van der Waals surface area (Å²) in [5.74, 6) is 0.726. The van der Waals surface area contributed by atoms with Gasteiger partial charge in [-0.05, 0) is 48.0 Å². The standard InChI is InChI=1S/C13H16N4O3S/c1-2-20-12(19)4-3-9-21-13-14-15-16-17(13)10-5-7-11(18)8-6-10/h5-8,18H,2-4,9H2,1H3. The normalized spacial score (nSPS) is 10.5. The molecule has 1 aromatic heterocycles. The number of aromatic nitrogens is 4. The molecule has 2 aromatic rings. The number of ether oxygens (including phenoxy) is 1. The second kappa shape index (κ2) is 7.63. The van der Waals surface area contributed by atoms with Crippen LogP contribution < -0.4 is 0 Å². The molecule has 0 aliphatic heterocycles. The van der Waals surface area contributed by atoms with E-state index in [9.17, 15) is 9.90 Å². The van der Waals surface area contributed by atoms with Crippen LogP contribution in [0.2, 0.25) is 0 Å². The molecular formula is C13H16N4O3S. The molecule has 21 heavy (non-hydrogen) atoms. The van der Waals surface area contributed by atoms with E-state index in [0.717, 1.165) is 11.4 Å². The average molecular weight is 308 g/mol. The molecule has 1 N–H and O–H groups in total. The molecule has 1 aromatic carbocycles. The molecule has 0 spiro atoms. The first kappa shape index (κ1) is 15.3. The van der Waals surface area contributed by atoms with Crippen molar-refractivity contribution in [2.75, 3.05) is 12.4 Å². The molecule has 8 heteroatoms. The maximum Gasteiger partial charge on any atom is 0.305 e. The predicted molar refractivity (Wildman–Crippen MR) is 77.4 cm³/mol. The zero-order valence-electron chi connectivity index (χ0n) is 11.6. The summed E-state index contributed by atoms with van der Waals surface area (Å²) >= 11 is 1.47. The molecule has 0 bridgehead atoms. The van der Waals surface area contributed by atoms with Gasteiger partial charge in [-0.25, -0.2) is 0 Å². The van der Waals surface area contributed by atoms with E-state index in [0.29, 0.717) is 24.6 Å². The van der Waals surface area contributed by atoms with E-state index in [2.05, 4.69) is 15.5 Å². The minimum Gasteiger partial charge on any atom is -0.508 e. The van der Waals surface area contributed by atoms with Gasteiger partial charge in [0.05, 0.1) is 12.3 Å². The Hall–Kier alpha value is -2.09. The fourth-order valence-electron chi connectivity index (χ4n) is 1.64. The number of nitrogens with zero attached hydrogens (tertiary/aromatic N) is 4. The Morgan fingerprint density at radius 3 is 2.86 bits per heavy atom. The smallest absolute Gasteiger partial charge is 0.305 e. The van der Waals surface area contributed by atoms with Gasteiger partial charge in [0.25, 0.3) is 0 Å². The minimum atomic E-state index is -0.184. The first-order valence-electron chi connectivity index (χ1n) is 6.57. The van der Waals surface area contributed by atoms with Gasteiger partial charge in [-0.15, -0.1) is 5.10 Å². The van der Waals surface area contributed by atoms with Crippen LogP contribution in [-0.4, -0.2) is 43.6 Å². The highest BCUT2D eigenvalue weighted by atomic mass is 32.2. The highest BCUT2D eigenvalue weighted by molar-refractivity contribution is 7.99. The predicted octanol–water partition coefficient (Wildman–Crippen LogP) is 1.80. The van der Waals surface area contributed by atoms with Gasteiger partial charge in [-0.1, -0.05) is 11.8 Å². The van der Waals surface area contributed by atoms with Crippen LogP contribution in [0.3, 0.4) is 0 Å². The number of aromatic hydroxyl groups is 1. The molecule has 0 atom stereocenters. The molecule has 0 aliphatic rings. The van der Waals surface area contributed by atoms with Crippen molar-refractivity contribution in [1.82, 2.24) is 20.2 Å². The minimum absolute atomic E-state index is 0.184. The third-order valence-electron chi connectivity index (χ3n) is 2.60. The van der Waals surface area contributed by atoms with E-state index in [1.165, 1.54) is 11.8 Å². The van der Waals surface area contributed by atoms with Crippen LogP contribution in [-0.2, 0) is 9.53 Å². The van der Waals surface area contributed by atoms with E-state index in [1.807, 2.05) is 0 Å². The van der Waals surface area contributed by atoms with Crippen LogP contribution in [0.15, 0.2) is 29.4 Å². The SMILES string of the molecule is CCOC(=O)CCCSc1nnnn1-c1ccc(O)cc1. The van der Waals surface area contributed by atoms with Crippen molar-refractivity contribution >= 4 is 17.7 Å². The van der Waals surface area contributed by atoms with Crippen LogP contribution >= 0.6 is 11.8 Å². The summed E-state index contributed by atoms with van der Waals surface area (Å²) in [5, 5.41) is 21.5. The van der Waals surface area contributed by atoms with Crippen LogP contribution in [0.25, 0.3) is 5.69 Å². The number of phenols is 1. The molecule has 112 valence electrons. The van der Waals surface area contributed by atoms with Crippen LogP contribution in [0.4, 0.5) is 0 Å². The summed E-state index contributed by atoms with van der Waals surface area (Å²) in [7, 11) is 0. The Morgan fingerprint density at radius 1 is 1.38 bits per heavy atom. The Balaban J connectivity index is 1.89. The first-order chi connectivity index (χ1) is 10.2. The number of hydrogen-bond donors (Lipinski definition) is 1. The zero-order valence-corrected chi connectivity index (χ0v) is 12.4. The molecule has 0 fully saturated rings. The summed E-state index contributed by atoms with van der Waals surface area (Å²) in [5.41, 5.74) is 0.769. The second-order valence-electron chi connectivity index (χ2n) is 4.15. The third kappa shape index (κ3) is 4.45. The van der Waals surface area contributed by atoms with Crippen LogP contribution in [0.5, 0.6) is 5.75 Å². The molecule has 0 amide bonds. The summed E-state index contributed by atoms with van der Waals surface area (Å²) in [4.78, 5) is 11.2. The molecule has 0 saturated carbocycles. The fourth-order valence-corrected chi connectivity index (χ4v) is 2.47. The van der Waals surface area contributed by atoms with Crippen molar-refractivity contribution in [3.63, 3.8) is 0 Å². The van der Waals surface area contributed by atoms with Gasteiger partial charge in [0.1, 0.15) is 5.75 Å². The van der Waals surface area contributed by atoms with Gasteiger partial charge >= 0.3 is 5.97 Å². The largest absolute Gasteiger partial charge is 0.508 e. The number of benzene rings is 1. The number of carbonyl (C=O) groups is 1. The van der Waals surface area contributed by atoms with Crippen molar-refractivity contribution in [2.45, 2.75) is 24.9 Å². The van der Waals surface area contributed by atoms with E-state index >= 15 is 0 Å². The summed E-state index contributed by atoms with van der Waals surface area (Å²) < 4.78 is 6.46. The Labute approximate surface area is 126 Å². The van der Waals surface area contributed by atoms with Gasteiger partial charge in [0.15, 0.2) is 0 Å². The molecule has 1 heterocycles. The lowest BCUT2D eigenvalue weighted by Gasteiger charge is -2.04. The van der Waals surface area contributed by atoms with Crippen molar-refractivity contribution in [3.8, 4) is 11.4 Å². The second-order valence-corrected chi connectivity index (χ2v) is 5.21. The number of thioether (sulfide) groups is 1. The van der Waals surface area contributed by atoms with Crippen LogP contribution in [0.1, 0.15) is 19.8 Å². The lowest BCUT2D eigenvalue weighted by atomic mass is 10.3. The molecule has 0 aliphatic carbocycles. The number of esters is 1. The number of tetrazole rings is 1. The van der Waals surface area contributed by atoms with Gasteiger partial charge in [0, 0.05) is 12.2 Å². The van der Waals surface area contributed by atoms with Gasteiger partial charge in [-0.2, -0.15) is 4.68 Å². The number of carbonyl (C=O) groups excluding carboxylic acids is 1. The molecule has 0 radical (unpaired) electrons. The van der Waals surface area contributed by atoms with Gasteiger partial charge in [0.2, 0.25) is 5.16 Å². The highest BCUT2D eigenvalue weighted by Gasteiger charge is 2.09. The zero-order chi connectivity index (χ0) is 15.1. The van der Waals surface area contributed by atoms with E-state index < -0.39 is 0 Å². The lowest BCUT2D eigenvalue weighted by molar-refractivity contribution is -0.143. The van der Waals surface area contributed by atoms with Gasteiger partial charge in [-0.3, -0.25) is 4.79 Å². The van der Waals surface area contributed by atoms with Crippen molar-refractivity contribution in [2.24, 2.45) is 0 Å². The summed E-state index contributed by atoms with van der Waals surface area (Å²) in [6.07, 6.45) is 1.09. The molecule has 2 rings (SSSR count). The van der Waals surface area contributed by atoms with Crippen molar-refractivity contribution in [3.05, 3.63) is 24.3 Å². The summed E-state index contributed by atoms with van der Waals surface area (Å²) in [6, 6.07) is 6.61. The topological polar surface area (TPSA) is 90.1 Å². The van der Waals surface area contributed by atoms with Crippen molar-refractivity contribution < 1.29 is 14.6 Å². The number of phenolic OH excluding ortho intramolecular Hbond substituents is 1. The van der Waals surface area contributed by atoms with Crippen molar-refractivity contribution in [1.29, 1.82) is 0 Å². The van der Waals surface area contributed by atoms with Gasteiger partial charge < -0.3 is 9.84 Å². The summed E-state index contributed by atoms with van der Waals surface area (Å²) in [6.45, 7) is 2.20. The molecule has 0 unspecified atom stereocenters. The van der Waals surface area contributed by atoms with Crippen LogP contribution in [0, 0.1) is 0 Å². The third-order valence-corrected chi connectivity index (χ3v) is 3.60. The molecular weight excluding hydrogens is 292 g/mol. The lowest BCUT2D eigenvalue weighted by Crippen LogP contribution is -2.04. The maximum absolute atomic E-state index is 11.2. The number of rotatable bonds is 7. The van der Waals surface area contributed by atoms with E-state index in [4.69, 9.17) is 4.74 Å². The molecule has 0 saturated heterocycles. The fraction of sp³-hybridized carbons (Fsp3) is 0.385. The Morgan fingerprint density at radius 2 is 2.14 bits per heavy atom. The number of hydrogen-bond acceptors (Lipinski definition) is 7. The quantitative estimate of drug-likeness (QED) is 0.474. The van der Waals surface area contributed by atoms with E-state index in [1.54, 1.807) is 35.9 Å². The Bertz CT molecular complexity index is 585. The Kier molecular flexibility index (Phi) is 5.56.